The smallest absolute Gasteiger partial charge is 0.339 e. The van der Waals surface area contributed by atoms with Crippen molar-refractivity contribution in [2.75, 3.05) is 19.5 Å². The molecule has 1 aromatic carbocycles. The van der Waals surface area contributed by atoms with Gasteiger partial charge in [0, 0.05) is 5.69 Å². The van der Waals surface area contributed by atoms with Gasteiger partial charge < -0.3 is 15.2 Å². The molecule has 0 amide bonds. The molecule has 0 fully saturated rings. The Morgan fingerprint density at radius 1 is 1.37 bits per heavy atom. The van der Waals surface area contributed by atoms with Crippen molar-refractivity contribution in [3.63, 3.8) is 0 Å². The van der Waals surface area contributed by atoms with Crippen LogP contribution in [0.15, 0.2) is 22.7 Å². The third kappa shape index (κ3) is 3.70. The van der Waals surface area contributed by atoms with E-state index in [-0.39, 0.29) is 6.61 Å². The highest BCUT2D eigenvalue weighted by Crippen LogP contribution is 2.25. The van der Waals surface area contributed by atoms with Crippen LogP contribution in [0.25, 0.3) is 0 Å². The SMILES string of the molecule is COC(=O)C(C)(C)COC(=O)c1cccc(N)c1Br. The highest BCUT2D eigenvalue weighted by Gasteiger charge is 2.31. The van der Waals surface area contributed by atoms with Crippen molar-refractivity contribution in [1.29, 1.82) is 0 Å². The molecule has 0 unspecified atom stereocenters. The van der Waals surface area contributed by atoms with E-state index >= 15 is 0 Å². The fourth-order valence-corrected chi connectivity index (χ4v) is 1.79. The zero-order chi connectivity index (χ0) is 14.6. The number of nitrogens with two attached hydrogens (primary N) is 1. The summed E-state index contributed by atoms with van der Waals surface area (Å²) in [4.78, 5) is 23.4. The molecular weight excluding hydrogens is 314 g/mol. The number of methoxy groups -OCH3 is 1. The fourth-order valence-electron chi connectivity index (χ4n) is 1.37. The van der Waals surface area contributed by atoms with Crippen LogP contribution >= 0.6 is 15.9 Å². The molecule has 5 nitrogen and oxygen atoms in total. The predicted molar refractivity (Wildman–Crippen MR) is 74.6 cm³/mol. The molecule has 0 aliphatic carbocycles. The van der Waals surface area contributed by atoms with Crippen molar-refractivity contribution in [1.82, 2.24) is 0 Å². The van der Waals surface area contributed by atoms with Crippen LogP contribution in [0.5, 0.6) is 0 Å². The summed E-state index contributed by atoms with van der Waals surface area (Å²) in [7, 11) is 1.29. The third-order valence-corrected chi connectivity index (χ3v) is 3.44. The number of ether oxygens (including phenoxy) is 2. The van der Waals surface area contributed by atoms with Crippen LogP contribution in [-0.2, 0) is 14.3 Å². The topological polar surface area (TPSA) is 78.6 Å². The van der Waals surface area contributed by atoms with E-state index in [1.165, 1.54) is 7.11 Å². The fraction of sp³-hybridized carbons (Fsp3) is 0.385. The molecule has 0 saturated heterocycles. The molecule has 0 heterocycles. The number of benzene rings is 1. The van der Waals surface area contributed by atoms with E-state index in [1.54, 1.807) is 32.0 Å². The average molecular weight is 330 g/mol. The van der Waals surface area contributed by atoms with E-state index in [4.69, 9.17) is 10.5 Å². The minimum absolute atomic E-state index is 0.0697. The van der Waals surface area contributed by atoms with Gasteiger partial charge in [0.05, 0.1) is 22.6 Å². The second-order valence-electron chi connectivity index (χ2n) is 4.66. The molecule has 1 rings (SSSR count). The van der Waals surface area contributed by atoms with Crippen molar-refractivity contribution in [2.24, 2.45) is 5.41 Å². The summed E-state index contributed by atoms with van der Waals surface area (Å²) in [5, 5.41) is 0. The molecule has 0 aliphatic rings. The van der Waals surface area contributed by atoms with Gasteiger partial charge in [0.15, 0.2) is 0 Å². The summed E-state index contributed by atoms with van der Waals surface area (Å²) in [5.41, 5.74) is 5.56. The maximum atomic E-state index is 11.9. The summed E-state index contributed by atoms with van der Waals surface area (Å²) < 4.78 is 10.2. The normalized spacial score (nSPS) is 10.9. The molecule has 0 bridgehead atoms. The molecule has 0 atom stereocenters. The lowest BCUT2D eigenvalue weighted by Crippen LogP contribution is -2.32. The zero-order valence-corrected chi connectivity index (χ0v) is 12.6. The largest absolute Gasteiger partial charge is 0.469 e. The quantitative estimate of drug-likeness (QED) is 0.677. The van der Waals surface area contributed by atoms with Crippen molar-refractivity contribution < 1.29 is 19.1 Å². The Balaban J connectivity index is 2.76. The number of halogens is 1. The highest BCUT2D eigenvalue weighted by atomic mass is 79.9. The van der Waals surface area contributed by atoms with Crippen LogP contribution in [0.1, 0.15) is 24.2 Å². The van der Waals surface area contributed by atoms with E-state index < -0.39 is 17.4 Å². The van der Waals surface area contributed by atoms with Crippen LogP contribution < -0.4 is 5.73 Å². The van der Waals surface area contributed by atoms with Gasteiger partial charge in [-0.2, -0.15) is 0 Å². The van der Waals surface area contributed by atoms with Crippen molar-refractivity contribution >= 4 is 33.6 Å². The van der Waals surface area contributed by atoms with Gasteiger partial charge in [-0.1, -0.05) is 6.07 Å². The Morgan fingerprint density at radius 2 is 2.00 bits per heavy atom. The van der Waals surface area contributed by atoms with Gasteiger partial charge in [0.1, 0.15) is 6.61 Å². The summed E-state index contributed by atoms with van der Waals surface area (Å²) in [5.74, 6) is -0.983. The number of hydrogen-bond acceptors (Lipinski definition) is 5. The van der Waals surface area contributed by atoms with Crippen molar-refractivity contribution in [3.05, 3.63) is 28.2 Å². The lowest BCUT2D eigenvalue weighted by atomic mass is 9.95. The molecule has 0 spiro atoms. The first-order chi connectivity index (χ1) is 8.79. The van der Waals surface area contributed by atoms with Gasteiger partial charge in [0.25, 0.3) is 0 Å². The molecule has 2 N–H and O–H groups in total. The number of anilines is 1. The van der Waals surface area contributed by atoms with Crippen LogP contribution in [0, 0.1) is 5.41 Å². The third-order valence-electron chi connectivity index (χ3n) is 2.55. The van der Waals surface area contributed by atoms with Gasteiger partial charge in [0.2, 0.25) is 0 Å². The number of hydrogen-bond donors (Lipinski definition) is 1. The summed E-state index contributed by atoms with van der Waals surface area (Å²) in [6.45, 7) is 3.21. The molecule has 0 aromatic heterocycles. The Bertz CT molecular complexity index is 499. The average Bonchev–Trinajstić information content (AvgIpc) is 2.38. The minimum Gasteiger partial charge on any atom is -0.469 e. The van der Waals surface area contributed by atoms with Crippen LogP contribution in [0.2, 0.25) is 0 Å². The zero-order valence-electron chi connectivity index (χ0n) is 11.0. The van der Waals surface area contributed by atoms with E-state index in [2.05, 4.69) is 20.7 Å². The van der Waals surface area contributed by atoms with Gasteiger partial charge in [-0.15, -0.1) is 0 Å². The maximum absolute atomic E-state index is 11.9. The molecule has 0 radical (unpaired) electrons. The summed E-state index contributed by atoms with van der Waals surface area (Å²) >= 11 is 3.23. The molecule has 0 aliphatic heterocycles. The molecule has 104 valence electrons. The van der Waals surface area contributed by atoms with Gasteiger partial charge in [-0.05, 0) is 41.9 Å². The Morgan fingerprint density at radius 3 is 2.58 bits per heavy atom. The van der Waals surface area contributed by atoms with E-state index in [1.807, 2.05) is 0 Å². The van der Waals surface area contributed by atoms with Crippen LogP contribution in [-0.4, -0.2) is 25.7 Å². The van der Waals surface area contributed by atoms with Gasteiger partial charge in [-0.3, -0.25) is 4.79 Å². The first-order valence-corrected chi connectivity index (χ1v) is 6.38. The number of rotatable bonds is 4. The number of esters is 2. The Kier molecular flexibility index (Phi) is 4.94. The molecule has 1 aromatic rings. The van der Waals surface area contributed by atoms with Crippen LogP contribution in [0.3, 0.4) is 0 Å². The standard InChI is InChI=1S/C13H16BrNO4/c1-13(2,12(17)18-3)7-19-11(16)8-5-4-6-9(15)10(8)14/h4-6H,7,15H2,1-3H3. The Hall–Kier alpha value is -1.56. The molecule has 6 heteroatoms. The maximum Gasteiger partial charge on any atom is 0.339 e. The minimum atomic E-state index is -0.892. The number of carbonyl (C=O) groups is 2. The van der Waals surface area contributed by atoms with Crippen LogP contribution in [0.4, 0.5) is 5.69 Å². The van der Waals surface area contributed by atoms with Gasteiger partial charge >= 0.3 is 11.9 Å². The first kappa shape index (κ1) is 15.5. The molecule has 0 saturated carbocycles. The van der Waals surface area contributed by atoms with Gasteiger partial charge in [-0.25, -0.2) is 4.79 Å². The number of carbonyl (C=O) groups excluding carboxylic acids is 2. The summed E-state index contributed by atoms with van der Waals surface area (Å²) in [6, 6.07) is 4.91. The molecule has 19 heavy (non-hydrogen) atoms. The predicted octanol–water partition coefficient (Wildman–Crippen LogP) is 2.39. The summed E-state index contributed by atoms with van der Waals surface area (Å²) in [6.07, 6.45) is 0. The van der Waals surface area contributed by atoms with Crippen molar-refractivity contribution in [2.45, 2.75) is 13.8 Å². The second kappa shape index (κ2) is 6.06. The number of nitrogen functional groups attached to an aromatic ring is 1. The highest BCUT2D eigenvalue weighted by molar-refractivity contribution is 9.10. The first-order valence-electron chi connectivity index (χ1n) is 5.59. The van der Waals surface area contributed by atoms with E-state index in [0.717, 1.165) is 0 Å². The van der Waals surface area contributed by atoms with Crippen molar-refractivity contribution in [3.8, 4) is 0 Å². The molecular formula is C13H16BrNO4. The second-order valence-corrected chi connectivity index (χ2v) is 5.45. The van der Waals surface area contributed by atoms with E-state index in [9.17, 15) is 9.59 Å². The lowest BCUT2D eigenvalue weighted by Gasteiger charge is -2.21. The van der Waals surface area contributed by atoms with E-state index in [0.29, 0.717) is 15.7 Å². The monoisotopic (exact) mass is 329 g/mol. The lowest BCUT2D eigenvalue weighted by molar-refractivity contribution is -0.152. The Labute approximate surface area is 120 Å².